The highest BCUT2D eigenvalue weighted by molar-refractivity contribution is 7.89. The quantitative estimate of drug-likeness (QED) is 0.502. The van der Waals surface area contributed by atoms with Crippen molar-refractivity contribution in [2.75, 3.05) is 45.1 Å². The maximum Gasteiger partial charge on any atom is 0.409 e. The van der Waals surface area contributed by atoms with Crippen LogP contribution in [0.2, 0.25) is 0 Å². The molecule has 2 saturated heterocycles. The van der Waals surface area contributed by atoms with Crippen molar-refractivity contribution in [3.05, 3.63) is 23.8 Å². The number of aliphatic hydroxyl groups excluding tert-OH is 1. The fourth-order valence-electron chi connectivity index (χ4n) is 5.31. The van der Waals surface area contributed by atoms with E-state index in [4.69, 9.17) is 14.6 Å². The molecule has 1 aromatic carbocycles. The van der Waals surface area contributed by atoms with E-state index in [-0.39, 0.29) is 31.0 Å². The summed E-state index contributed by atoms with van der Waals surface area (Å²) in [6, 6.07) is 6.29. The number of hydrogen-bond donors (Lipinski definition) is 1. The molecular weight excluding hydrogens is 514 g/mol. The number of nitrogens with zero attached hydrogens (tertiary/aromatic N) is 3. The molecule has 0 spiro atoms. The summed E-state index contributed by atoms with van der Waals surface area (Å²) in [5, 5.41) is 9.61. The first-order valence-corrected chi connectivity index (χ1v) is 15.9. The number of benzene rings is 1. The van der Waals surface area contributed by atoms with Gasteiger partial charge in [0.05, 0.1) is 22.6 Å². The number of piperidine rings is 2. The van der Waals surface area contributed by atoms with E-state index in [0.717, 1.165) is 35.9 Å². The third-order valence-corrected chi connectivity index (χ3v) is 10.8. The number of fused-ring (bicyclic) bond motifs is 1. The van der Waals surface area contributed by atoms with Gasteiger partial charge in [-0.2, -0.15) is 0 Å². The topological polar surface area (TPSA) is 109 Å². The predicted molar refractivity (Wildman–Crippen MR) is 143 cm³/mol. The van der Waals surface area contributed by atoms with E-state index in [9.17, 15) is 13.2 Å². The third-order valence-electron chi connectivity index (χ3n) is 7.91. The van der Waals surface area contributed by atoms with Crippen LogP contribution in [0.4, 0.5) is 4.79 Å². The number of rotatable bonds is 9. The summed E-state index contributed by atoms with van der Waals surface area (Å²) in [6.45, 7) is 2.74. The Morgan fingerprint density at radius 2 is 1.84 bits per heavy atom. The van der Waals surface area contributed by atoms with Crippen molar-refractivity contribution >= 4 is 37.7 Å². The number of amides is 1. The second-order valence-corrected chi connectivity index (χ2v) is 13.5. The van der Waals surface area contributed by atoms with Crippen LogP contribution in [-0.4, -0.2) is 85.1 Å². The standard InChI is InChI=1S/C26H37N3O6S2/c30-15-2-16-37(32,33)29-13-7-20(8-14-29)21-5-6-23-24(17-21)36-25(27-23)35-22-9-11-28(12-10-22)26(31)34-18-19-3-1-4-19/h5-6,17,19-20,22,30H,1-4,7-16,18H2. The van der Waals surface area contributed by atoms with Gasteiger partial charge in [-0.1, -0.05) is 23.8 Å². The number of ether oxygens (including phenoxy) is 2. The summed E-state index contributed by atoms with van der Waals surface area (Å²) in [4.78, 5) is 18.8. The third kappa shape index (κ3) is 6.55. The minimum Gasteiger partial charge on any atom is -0.467 e. The highest BCUT2D eigenvalue weighted by atomic mass is 32.2. The molecule has 0 unspecified atom stereocenters. The molecule has 204 valence electrons. The van der Waals surface area contributed by atoms with Crippen molar-refractivity contribution in [3.63, 3.8) is 0 Å². The van der Waals surface area contributed by atoms with Gasteiger partial charge >= 0.3 is 6.09 Å². The Morgan fingerprint density at radius 1 is 1.08 bits per heavy atom. The van der Waals surface area contributed by atoms with Crippen LogP contribution in [0.5, 0.6) is 5.19 Å². The van der Waals surface area contributed by atoms with Gasteiger partial charge in [0.15, 0.2) is 0 Å². The molecule has 3 aliphatic rings. The van der Waals surface area contributed by atoms with Crippen molar-refractivity contribution in [3.8, 4) is 5.19 Å². The summed E-state index contributed by atoms with van der Waals surface area (Å²) in [7, 11) is -3.29. The van der Waals surface area contributed by atoms with Gasteiger partial charge in [0.25, 0.3) is 5.19 Å². The van der Waals surface area contributed by atoms with Crippen molar-refractivity contribution in [2.45, 2.75) is 63.4 Å². The van der Waals surface area contributed by atoms with E-state index in [2.05, 4.69) is 17.1 Å². The fourth-order valence-corrected chi connectivity index (χ4v) is 7.76. The molecule has 1 saturated carbocycles. The average Bonchev–Trinajstić information content (AvgIpc) is 3.28. The van der Waals surface area contributed by atoms with Gasteiger partial charge in [0.1, 0.15) is 6.10 Å². The number of likely N-dealkylation sites (tertiary alicyclic amines) is 1. The van der Waals surface area contributed by atoms with Crippen LogP contribution >= 0.6 is 11.3 Å². The number of hydrogen-bond acceptors (Lipinski definition) is 8. The predicted octanol–water partition coefficient (Wildman–Crippen LogP) is 3.97. The van der Waals surface area contributed by atoms with E-state index in [0.29, 0.717) is 49.8 Å². The van der Waals surface area contributed by atoms with Crippen molar-refractivity contribution in [2.24, 2.45) is 5.92 Å². The molecule has 0 bridgehead atoms. The molecule has 9 nitrogen and oxygen atoms in total. The molecule has 1 aliphatic carbocycles. The molecule has 1 N–H and O–H groups in total. The van der Waals surface area contributed by atoms with E-state index < -0.39 is 10.0 Å². The van der Waals surface area contributed by atoms with E-state index in [1.807, 2.05) is 6.07 Å². The average molecular weight is 552 g/mol. The lowest BCUT2D eigenvalue weighted by atomic mass is 9.86. The molecule has 11 heteroatoms. The van der Waals surface area contributed by atoms with E-state index in [1.165, 1.54) is 24.8 Å². The molecule has 5 rings (SSSR count). The van der Waals surface area contributed by atoms with Crippen LogP contribution in [0, 0.1) is 5.92 Å². The zero-order valence-electron chi connectivity index (χ0n) is 21.2. The molecule has 3 fully saturated rings. The van der Waals surface area contributed by atoms with Gasteiger partial charge in [-0.15, -0.1) is 0 Å². The molecule has 2 aromatic rings. The Balaban J connectivity index is 1.11. The minimum absolute atomic E-state index is 0.00724. The number of aromatic nitrogens is 1. The maximum absolute atomic E-state index is 12.4. The van der Waals surface area contributed by atoms with Crippen molar-refractivity contribution in [1.29, 1.82) is 0 Å². The van der Waals surface area contributed by atoms with Gasteiger partial charge in [0, 0.05) is 45.6 Å². The van der Waals surface area contributed by atoms with Gasteiger partial charge in [-0.25, -0.2) is 22.5 Å². The number of carbonyl (C=O) groups is 1. The first-order chi connectivity index (χ1) is 17.9. The van der Waals surface area contributed by atoms with Crippen LogP contribution < -0.4 is 4.74 Å². The summed E-state index contributed by atoms with van der Waals surface area (Å²) >= 11 is 1.54. The van der Waals surface area contributed by atoms with Crippen LogP contribution in [0.1, 0.15) is 62.8 Å². The number of aliphatic hydroxyl groups is 1. The number of sulfonamides is 1. The van der Waals surface area contributed by atoms with Crippen LogP contribution in [0.15, 0.2) is 18.2 Å². The van der Waals surface area contributed by atoms with Crippen LogP contribution in [-0.2, 0) is 14.8 Å². The summed E-state index contributed by atoms with van der Waals surface area (Å²) in [6.07, 6.45) is 6.79. The second kappa shape index (κ2) is 11.8. The summed E-state index contributed by atoms with van der Waals surface area (Å²) < 4.78 is 39.1. The first-order valence-electron chi connectivity index (χ1n) is 13.5. The Hall–Kier alpha value is -1.95. The Morgan fingerprint density at radius 3 is 2.51 bits per heavy atom. The molecule has 3 heterocycles. The van der Waals surface area contributed by atoms with E-state index in [1.54, 1.807) is 20.5 Å². The minimum atomic E-state index is -3.29. The zero-order valence-corrected chi connectivity index (χ0v) is 22.9. The smallest absolute Gasteiger partial charge is 0.409 e. The van der Waals surface area contributed by atoms with E-state index >= 15 is 0 Å². The van der Waals surface area contributed by atoms with Crippen molar-refractivity contribution < 1.29 is 27.8 Å². The van der Waals surface area contributed by atoms with Gasteiger partial charge in [0.2, 0.25) is 10.0 Å². The van der Waals surface area contributed by atoms with Crippen LogP contribution in [0.3, 0.4) is 0 Å². The number of carbonyl (C=O) groups excluding carboxylic acids is 1. The molecule has 1 aromatic heterocycles. The lowest BCUT2D eigenvalue weighted by molar-refractivity contribution is 0.0500. The molecule has 0 atom stereocenters. The first kappa shape index (κ1) is 26.6. The molecule has 37 heavy (non-hydrogen) atoms. The van der Waals surface area contributed by atoms with Crippen molar-refractivity contribution in [1.82, 2.24) is 14.2 Å². The normalized spacial score (nSPS) is 20.7. The lowest BCUT2D eigenvalue weighted by Crippen LogP contribution is -2.42. The van der Waals surface area contributed by atoms with Gasteiger partial charge < -0.3 is 19.5 Å². The zero-order chi connectivity index (χ0) is 25.8. The Bertz CT molecular complexity index is 1170. The Labute approximate surface area is 222 Å². The second-order valence-electron chi connectivity index (χ2n) is 10.5. The largest absolute Gasteiger partial charge is 0.467 e. The highest BCUT2D eigenvalue weighted by Crippen LogP contribution is 2.35. The maximum atomic E-state index is 12.4. The van der Waals surface area contributed by atoms with Gasteiger partial charge in [-0.05, 0) is 61.6 Å². The molecular formula is C26H37N3O6S2. The monoisotopic (exact) mass is 551 g/mol. The molecule has 1 amide bonds. The van der Waals surface area contributed by atoms with Crippen LogP contribution in [0.25, 0.3) is 10.2 Å². The molecule has 0 radical (unpaired) electrons. The summed E-state index contributed by atoms with van der Waals surface area (Å²) in [5.41, 5.74) is 2.12. The fraction of sp³-hybridized carbons (Fsp3) is 0.692. The summed E-state index contributed by atoms with van der Waals surface area (Å²) in [5.74, 6) is 0.872. The van der Waals surface area contributed by atoms with Gasteiger partial charge in [-0.3, -0.25) is 0 Å². The SMILES string of the molecule is O=C(OCC1CCC1)N1CCC(Oc2nc3ccc(C4CCN(S(=O)(=O)CCCO)CC4)cc3s2)CC1. The highest BCUT2D eigenvalue weighted by Gasteiger charge is 2.29. The molecule has 2 aliphatic heterocycles. The number of thiazole rings is 1. The Kier molecular flexibility index (Phi) is 8.53. The lowest BCUT2D eigenvalue weighted by Gasteiger charge is -2.32.